The topological polar surface area (TPSA) is 9.23 Å². The minimum absolute atomic E-state index is 0.0296. The standard InChI is InChI=1S/C9H9ClOS/c1-6-3-4-8(7(2)5-6)11-9(10)12/h3-5H,1-2H3. The molecular formula is C9H9ClOS. The Hall–Kier alpha value is -0.600. The summed E-state index contributed by atoms with van der Waals surface area (Å²) in [5.41, 5.74) is 2.23. The van der Waals surface area contributed by atoms with Crippen molar-refractivity contribution in [3.8, 4) is 5.75 Å². The SMILES string of the molecule is Cc1ccc(OC(=S)Cl)c(C)c1. The maximum absolute atomic E-state index is 5.43. The molecule has 0 radical (unpaired) electrons. The lowest BCUT2D eigenvalue weighted by atomic mass is 10.1. The van der Waals surface area contributed by atoms with Gasteiger partial charge in [0.1, 0.15) is 5.75 Å². The highest BCUT2D eigenvalue weighted by atomic mass is 35.5. The Bertz CT molecular complexity index is 309. The number of benzene rings is 1. The minimum atomic E-state index is 0.0296. The third-order valence-electron chi connectivity index (χ3n) is 1.52. The van der Waals surface area contributed by atoms with E-state index in [1.54, 1.807) is 0 Å². The van der Waals surface area contributed by atoms with Crippen LogP contribution in [0, 0.1) is 13.8 Å². The predicted molar refractivity (Wildman–Crippen MR) is 55.0 cm³/mol. The third-order valence-corrected chi connectivity index (χ3v) is 1.68. The van der Waals surface area contributed by atoms with Gasteiger partial charge in [-0.15, -0.1) is 0 Å². The van der Waals surface area contributed by atoms with Gasteiger partial charge in [0.05, 0.1) is 0 Å². The molecule has 0 amide bonds. The van der Waals surface area contributed by atoms with Crippen molar-refractivity contribution in [3.05, 3.63) is 29.3 Å². The van der Waals surface area contributed by atoms with Gasteiger partial charge in [0.25, 0.3) is 4.51 Å². The fourth-order valence-electron chi connectivity index (χ4n) is 1.00. The first-order valence-electron chi connectivity index (χ1n) is 3.54. The molecule has 0 aliphatic rings. The summed E-state index contributed by atoms with van der Waals surface area (Å²) in [4.78, 5) is 0. The van der Waals surface area contributed by atoms with Crippen LogP contribution in [-0.4, -0.2) is 4.51 Å². The Morgan fingerprint density at radius 2 is 2.08 bits per heavy atom. The molecule has 0 saturated carbocycles. The molecule has 1 nitrogen and oxygen atoms in total. The van der Waals surface area contributed by atoms with Gasteiger partial charge in [-0.3, -0.25) is 0 Å². The van der Waals surface area contributed by atoms with Crippen molar-refractivity contribution in [2.75, 3.05) is 0 Å². The molecule has 0 aliphatic heterocycles. The van der Waals surface area contributed by atoms with Crippen LogP contribution in [0.25, 0.3) is 0 Å². The Labute approximate surface area is 82.3 Å². The molecular weight excluding hydrogens is 192 g/mol. The van der Waals surface area contributed by atoms with E-state index in [-0.39, 0.29) is 4.51 Å². The molecule has 1 rings (SSSR count). The maximum atomic E-state index is 5.43. The second kappa shape index (κ2) is 3.87. The second-order valence-corrected chi connectivity index (χ2v) is 3.55. The van der Waals surface area contributed by atoms with Crippen LogP contribution in [0.4, 0.5) is 0 Å². The highest BCUT2D eigenvalue weighted by molar-refractivity contribution is 7.82. The normalized spacial score (nSPS) is 9.58. The van der Waals surface area contributed by atoms with E-state index in [0.717, 1.165) is 11.3 Å². The number of ether oxygens (including phenoxy) is 1. The Kier molecular flexibility index (Phi) is 3.06. The van der Waals surface area contributed by atoms with E-state index >= 15 is 0 Å². The van der Waals surface area contributed by atoms with E-state index in [1.807, 2.05) is 32.0 Å². The van der Waals surface area contributed by atoms with Crippen molar-refractivity contribution in [1.82, 2.24) is 0 Å². The van der Waals surface area contributed by atoms with Crippen molar-refractivity contribution in [1.29, 1.82) is 0 Å². The fraction of sp³-hybridized carbons (Fsp3) is 0.222. The van der Waals surface area contributed by atoms with E-state index in [1.165, 1.54) is 5.56 Å². The van der Waals surface area contributed by atoms with E-state index in [2.05, 4.69) is 12.2 Å². The van der Waals surface area contributed by atoms with Gasteiger partial charge < -0.3 is 4.74 Å². The van der Waals surface area contributed by atoms with Gasteiger partial charge in [0.2, 0.25) is 0 Å². The van der Waals surface area contributed by atoms with Crippen LogP contribution in [-0.2, 0) is 0 Å². The molecule has 0 saturated heterocycles. The molecule has 3 heteroatoms. The fourth-order valence-corrected chi connectivity index (χ4v) is 1.17. The predicted octanol–water partition coefficient (Wildman–Crippen LogP) is 3.21. The Balaban J connectivity index is 2.93. The highest BCUT2D eigenvalue weighted by Gasteiger charge is 2.00. The zero-order valence-electron chi connectivity index (χ0n) is 6.93. The molecule has 0 fully saturated rings. The lowest BCUT2D eigenvalue weighted by Gasteiger charge is -2.05. The van der Waals surface area contributed by atoms with E-state index < -0.39 is 0 Å². The summed E-state index contributed by atoms with van der Waals surface area (Å²) in [5, 5.41) is 0. The Morgan fingerprint density at radius 3 is 2.58 bits per heavy atom. The van der Waals surface area contributed by atoms with Gasteiger partial charge in [0.15, 0.2) is 0 Å². The molecule has 1 aromatic carbocycles. The summed E-state index contributed by atoms with van der Waals surface area (Å²) in [6.07, 6.45) is 0. The first kappa shape index (κ1) is 9.49. The molecule has 12 heavy (non-hydrogen) atoms. The van der Waals surface area contributed by atoms with Crippen molar-refractivity contribution in [3.63, 3.8) is 0 Å². The highest BCUT2D eigenvalue weighted by Crippen LogP contribution is 2.19. The first-order chi connectivity index (χ1) is 5.59. The van der Waals surface area contributed by atoms with Gasteiger partial charge in [0, 0.05) is 0 Å². The molecule has 0 aliphatic carbocycles. The van der Waals surface area contributed by atoms with E-state index in [0.29, 0.717) is 0 Å². The number of halogens is 1. The molecule has 1 aromatic rings. The zero-order chi connectivity index (χ0) is 9.14. The van der Waals surface area contributed by atoms with Crippen molar-refractivity contribution in [2.24, 2.45) is 0 Å². The molecule has 0 N–H and O–H groups in total. The summed E-state index contributed by atoms with van der Waals surface area (Å²) < 4.78 is 5.13. The molecule has 64 valence electrons. The third kappa shape index (κ3) is 2.47. The van der Waals surface area contributed by atoms with E-state index in [9.17, 15) is 0 Å². The van der Waals surface area contributed by atoms with Crippen LogP contribution >= 0.6 is 23.8 Å². The van der Waals surface area contributed by atoms with Crippen LogP contribution in [0.2, 0.25) is 0 Å². The summed E-state index contributed by atoms with van der Waals surface area (Å²) in [6.45, 7) is 3.98. The van der Waals surface area contributed by atoms with E-state index in [4.69, 9.17) is 16.3 Å². The van der Waals surface area contributed by atoms with Gasteiger partial charge in [-0.2, -0.15) is 0 Å². The zero-order valence-corrected chi connectivity index (χ0v) is 8.50. The smallest absolute Gasteiger partial charge is 0.260 e. The average Bonchev–Trinajstić information content (AvgIpc) is 1.94. The van der Waals surface area contributed by atoms with Crippen molar-refractivity contribution < 1.29 is 4.74 Å². The van der Waals surface area contributed by atoms with Crippen LogP contribution in [0.1, 0.15) is 11.1 Å². The minimum Gasteiger partial charge on any atom is -0.436 e. The van der Waals surface area contributed by atoms with Crippen LogP contribution in [0.15, 0.2) is 18.2 Å². The Morgan fingerprint density at radius 1 is 1.42 bits per heavy atom. The van der Waals surface area contributed by atoms with Crippen LogP contribution < -0.4 is 4.74 Å². The quantitative estimate of drug-likeness (QED) is 0.509. The molecule has 0 unspecified atom stereocenters. The van der Waals surface area contributed by atoms with Crippen LogP contribution in [0.5, 0.6) is 5.75 Å². The molecule has 0 spiro atoms. The van der Waals surface area contributed by atoms with Crippen LogP contribution in [0.3, 0.4) is 0 Å². The number of hydrogen-bond donors (Lipinski definition) is 0. The maximum Gasteiger partial charge on any atom is 0.260 e. The molecule has 0 aromatic heterocycles. The van der Waals surface area contributed by atoms with Gasteiger partial charge in [-0.25, -0.2) is 0 Å². The number of hydrogen-bond acceptors (Lipinski definition) is 2. The number of aryl methyl sites for hydroxylation is 2. The molecule has 0 heterocycles. The number of rotatable bonds is 1. The van der Waals surface area contributed by atoms with Crippen molar-refractivity contribution >= 4 is 28.3 Å². The monoisotopic (exact) mass is 200 g/mol. The summed E-state index contributed by atoms with van der Waals surface area (Å²) in [5.74, 6) is 0.723. The van der Waals surface area contributed by atoms with Crippen molar-refractivity contribution in [2.45, 2.75) is 13.8 Å². The summed E-state index contributed by atoms with van der Waals surface area (Å²) in [6, 6.07) is 5.83. The average molecular weight is 201 g/mol. The first-order valence-corrected chi connectivity index (χ1v) is 4.33. The second-order valence-electron chi connectivity index (χ2n) is 2.61. The lowest BCUT2D eigenvalue weighted by Crippen LogP contribution is -1.97. The summed E-state index contributed by atoms with van der Waals surface area (Å²) in [7, 11) is 0. The number of thiocarbonyl (C=S) groups is 1. The molecule has 0 atom stereocenters. The van der Waals surface area contributed by atoms with Gasteiger partial charge in [-0.1, -0.05) is 17.7 Å². The summed E-state index contributed by atoms with van der Waals surface area (Å²) >= 11 is 10.0. The lowest BCUT2D eigenvalue weighted by molar-refractivity contribution is 0.572. The van der Waals surface area contributed by atoms with Gasteiger partial charge >= 0.3 is 0 Å². The van der Waals surface area contributed by atoms with Gasteiger partial charge in [-0.05, 0) is 49.3 Å². The largest absolute Gasteiger partial charge is 0.436 e. The molecule has 0 bridgehead atoms.